The molecule has 0 aromatic heterocycles. The summed E-state index contributed by atoms with van der Waals surface area (Å²) >= 11 is 0. The minimum Gasteiger partial charge on any atom is -0.508 e. The Morgan fingerprint density at radius 2 is 0.944 bits per heavy atom. The van der Waals surface area contributed by atoms with Gasteiger partial charge in [-0.25, -0.2) is 0 Å². The van der Waals surface area contributed by atoms with Crippen molar-refractivity contribution in [3.05, 3.63) is 64.7 Å². The zero-order valence-electron chi connectivity index (χ0n) is 21.1. The van der Waals surface area contributed by atoms with E-state index in [0.29, 0.717) is 23.3 Å². The average molecular weight is 487 g/mol. The average Bonchev–Trinajstić information content (AvgIpc) is 2.86. The summed E-state index contributed by atoms with van der Waals surface area (Å²) < 4.78 is 0. The molecule has 2 aliphatic rings. The van der Waals surface area contributed by atoms with Crippen molar-refractivity contribution in [1.82, 2.24) is 0 Å². The number of hydrogen-bond donors (Lipinski definition) is 3. The van der Waals surface area contributed by atoms with E-state index in [1.807, 2.05) is 44.2 Å². The SMILES string of the molecule is C.Cc1cc(O)c(C2CCCCC2)cc1-c1cccc(-c2cc(C3CCCCC3)c(O)cc2C)c1O. The van der Waals surface area contributed by atoms with Gasteiger partial charge in [-0.05, 0) is 109 Å². The number of phenols is 3. The third-order valence-electron chi connectivity index (χ3n) is 8.45. The van der Waals surface area contributed by atoms with Crippen LogP contribution in [-0.2, 0) is 0 Å². The smallest absolute Gasteiger partial charge is 0.131 e. The Balaban J connectivity index is 0.00000304. The Morgan fingerprint density at radius 1 is 0.556 bits per heavy atom. The summed E-state index contributed by atoms with van der Waals surface area (Å²) in [5.41, 5.74) is 7.48. The van der Waals surface area contributed by atoms with Gasteiger partial charge in [0.05, 0.1) is 0 Å². The molecule has 0 amide bonds. The van der Waals surface area contributed by atoms with Crippen molar-refractivity contribution >= 4 is 0 Å². The van der Waals surface area contributed by atoms with Crippen LogP contribution >= 0.6 is 0 Å². The molecule has 0 atom stereocenters. The maximum Gasteiger partial charge on any atom is 0.131 e. The van der Waals surface area contributed by atoms with Gasteiger partial charge in [0, 0.05) is 11.1 Å². The summed E-state index contributed by atoms with van der Waals surface area (Å²) in [4.78, 5) is 0. The van der Waals surface area contributed by atoms with Crippen molar-refractivity contribution in [2.45, 2.75) is 97.3 Å². The summed E-state index contributed by atoms with van der Waals surface area (Å²) in [7, 11) is 0. The van der Waals surface area contributed by atoms with Crippen molar-refractivity contribution in [3.63, 3.8) is 0 Å². The molecule has 5 rings (SSSR count). The van der Waals surface area contributed by atoms with Gasteiger partial charge in [0.1, 0.15) is 17.2 Å². The van der Waals surface area contributed by atoms with Crippen LogP contribution in [0, 0.1) is 13.8 Å². The molecule has 2 aliphatic carbocycles. The van der Waals surface area contributed by atoms with Gasteiger partial charge in [-0.2, -0.15) is 0 Å². The van der Waals surface area contributed by atoms with Gasteiger partial charge in [-0.3, -0.25) is 0 Å². The van der Waals surface area contributed by atoms with Crippen LogP contribution in [0.1, 0.15) is 106 Å². The van der Waals surface area contributed by atoms with E-state index in [1.54, 1.807) is 0 Å². The van der Waals surface area contributed by atoms with Crippen molar-refractivity contribution < 1.29 is 15.3 Å². The predicted molar refractivity (Wildman–Crippen MR) is 150 cm³/mol. The topological polar surface area (TPSA) is 60.7 Å². The molecule has 0 radical (unpaired) electrons. The minimum atomic E-state index is 0. The fraction of sp³-hybridized carbons (Fsp3) is 0.455. The highest BCUT2D eigenvalue weighted by Gasteiger charge is 2.24. The molecule has 192 valence electrons. The van der Waals surface area contributed by atoms with Crippen LogP contribution < -0.4 is 0 Å². The van der Waals surface area contributed by atoms with E-state index < -0.39 is 0 Å². The zero-order chi connectivity index (χ0) is 24.5. The second kappa shape index (κ2) is 11.0. The van der Waals surface area contributed by atoms with Gasteiger partial charge in [0.15, 0.2) is 0 Å². The summed E-state index contributed by atoms with van der Waals surface area (Å²) in [6.07, 6.45) is 11.8. The van der Waals surface area contributed by atoms with E-state index in [-0.39, 0.29) is 13.2 Å². The van der Waals surface area contributed by atoms with Crippen LogP contribution in [0.2, 0.25) is 0 Å². The number of hydrogen-bond acceptors (Lipinski definition) is 3. The zero-order valence-corrected chi connectivity index (χ0v) is 21.1. The van der Waals surface area contributed by atoms with Crippen LogP contribution in [0.3, 0.4) is 0 Å². The van der Waals surface area contributed by atoms with Crippen LogP contribution in [-0.4, -0.2) is 15.3 Å². The summed E-state index contributed by atoms with van der Waals surface area (Å²) in [5, 5.41) is 33.1. The first-order valence-electron chi connectivity index (χ1n) is 13.4. The van der Waals surface area contributed by atoms with E-state index in [1.165, 1.54) is 38.5 Å². The summed E-state index contributed by atoms with van der Waals surface area (Å²) in [6, 6.07) is 13.9. The molecule has 3 N–H and O–H groups in total. The Labute approximate surface area is 216 Å². The second-order valence-corrected chi connectivity index (χ2v) is 10.8. The lowest BCUT2D eigenvalue weighted by atomic mass is 9.81. The van der Waals surface area contributed by atoms with E-state index in [9.17, 15) is 15.3 Å². The lowest BCUT2D eigenvalue weighted by molar-refractivity contribution is 0.414. The minimum absolute atomic E-state index is 0. The fourth-order valence-corrected chi connectivity index (χ4v) is 6.46. The highest BCUT2D eigenvalue weighted by atomic mass is 16.3. The molecule has 3 aromatic rings. The Bertz CT molecular complexity index is 1120. The van der Waals surface area contributed by atoms with Gasteiger partial charge in [-0.1, -0.05) is 64.2 Å². The van der Waals surface area contributed by atoms with Crippen molar-refractivity contribution in [1.29, 1.82) is 0 Å². The molecule has 2 saturated carbocycles. The number of aryl methyl sites for hydroxylation is 2. The molecule has 3 nitrogen and oxygen atoms in total. The van der Waals surface area contributed by atoms with E-state index in [4.69, 9.17) is 0 Å². The molecule has 0 saturated heterocycles. The monoisotopic (exact) mass is 486 g/mol. The molecular weight excluding hydrogens is 444 g/mol. The Kier molecular flexibility index (Phi) is 7.97. The van der Waals surface area contributed by atoms with E-state index in [2.05, 4.69) is 12.1 Å². The molecule has 0 spiro atoms. The third-order valence-corrected chi connectivity index (χ3v) is 8.45. The quantitative estimate of drug-likeness (QED) is 0.344. The highest BCUT2D eigenvalue weighted by molar-refractivity contribution is 5.85. The van der Waals surface area contributed by atoms with E-state index in [0.717, 1.165) is 70.2 Å². The third kappa shape index (κ3) is 4.98. The summed E-state index contributed by atoms with van der Waals surface area (Å²) in [6.45, 7) is 4.00. The molecule has 0 bridgehead atoms. The summed E-state index contributed by atoms with van der Waals surface area (Å²) in [5.74, 6) is 1.77. The normalized spacial score (nSPS) is 17.1. The molecule has 3 aromatic carbocycles. The first-order chi connectivity index (χ1) is 16.9. The van der Waals surface area contributed by atoms with Crippen molar-refractivity contribution in [2.24, 2.45) is 0 Å². The maximum absolute atomic E-state index is 11.6. The van der Waals surface area contributed by atoms with Gasteiger partial charge < -0.3 is 15.3 Å². The van der Waals surface area contributed by atoms with Crippen molar-refractivity contribution in [2.75, 3.05) is 0 Å². The fourth-order valence-electron chi connectivity index (χ4n) is 6.46. The number of aromatic hydroxyl groups is 3. The molecule has 36 heavy (non-hydrogen) atoms. The molecule has 0 heterocycles. The molecular formula is C33H42O3. The van der Waals surface area contributed by atoms with Crippen LogP contribution in [0.4, 0.5) is 0 Å². The van der Waals surface area contributed by atoms with Crippen LogP contribution in [0.15, 0.2) is 42.5 Å². The largest absolute Gasteiger partial charge is 0.508 e. The van der Waals surface area contributed by atoms with Gasteiger partial charge in [0.2, 0.25) is 0 Å². The first kappa shape index (κ1) is 26.1. The lowest BCUT2D eigenvalue weighted by Crippen LogP contribution is -2.06. The maximum atomic E-state index is 11.6. The van der Waals surface area contributed by atoms with Crippen LogP contribution in [0.25, 0.3) is 22.3 Å². The molecule has 0 aliphatic heterocycles. The predicted octanol–water partition coefficient (Wildman–Crippen LogP) is 9.49. The molecule has 2 fully saturated rings. The van der Waals surface area contributed by atoms with Gasteiger partial charge >= 0.3 is 0 Å². The number of phenolic OH excluding ortho intramolecular Hbond substituents is 3. The molecule has 3 heteroatoms. The van der Waals surface area contributed by atoms with Gasteiger partial charge in [-0.15, -0.1) is 0 Å². The Hall–Kier alpha value is -2.94. The standard InChI is InChI=1S/C32H38O3.CH4/c1-20-16-30(33)28(22-10-5-3-6-11-22)18-26(20)24-14-9-15-25(32(24)35)27-19-29(31(34)17-21(27)2)23-12-7-4-8-13-23;/h9,14-19,22-23,33-35H,3-8,10-13H2,1-2H3;1H4. The number of benzene rings is 3. The van der Waals surface area contributed by atoms with Gasteiger partial charge in [0.25, 0.3) is 0 Å². The lowest BCUT2D eigenvalue weighted by Gasteiger charge is -2.25. The second-order valence-electron chi connectivity index (χ2n) is 10.8. The number of para-hydroxylation sites is 1. The highest BCUT2D eigenvalue weighted by Crippen LogP contribution is 2.46. The number of rotatable bonds is 4. The Morgan fingerprint density at radius 3 is 1.33 bits per heavy atom. The van der Waals surface area contributed by atoms with E-state index >= 15 is 0 Å². The van der Waals surface area contributed by atoms with Crippen LogP contribution in [0.5, 0.6) is 17.2 Å². The molecule has 0 unspecified atom stereocenters. The van der Waals surface area contributed by atoms with Crippen molar-refractivity contribution in [3.8, 4) is 39.5 Å². The first-order valence-corrected chi connectivity index (χ1v) is 13.4.